The summed E-state index contributed by atoms with van der Waals surface area (Å²) in [6, 6.07) is 10.1. The molecule has 2 aromatic rings. The Morgan fingerprint density at radius 3 is 1.82 bits per heavy atom. The third-order valence-corrected chi connectivity index (χ3v) is 2.73. The van der Waals surface area contributed by atoms with E-state index in [2.05, 4.69) is 0 Å². The van der Waals surface area contributed by atoms with E-state index in [4.69, 9.17) is 0 Å². The largest absolute Gasteiger partial charge is 1.00 e. The normalized spacial score (nSPS) is 13.8. The summed E-state index contributed by atoms with van der Waals surface area (Å²) in [7, 11) is 0. The van der Waals surface area contributed by atoms with E-state index in [-0.39, 0.29) is 34.6 Å². The summed E-state index contributed by atoms with van der Waals surface area (Å²) in [5, 5.41) is 12.6. The topological polar surface area (TPSA) is 60.4 Å². The van der Waals surface area contributed by atoms with Crippen molar-refractivity contribution in [3.63, 3.8) is 0 Å². The minimum atomic E-state index is -0.783. The van der Waals surface area contributed by atoms with Gasteiger partial charge in [-0.05, 0) is 17.5 Å². The van der Waals surface area contributed by atoms with Crippen LogP contribution in [-0.4, -0.2) is 16.9 Å². The third kappa shape index (κ3) is 1.61. The first-order chi connectivity index (χ1) is 7.70. The summed E-state index contributed by atoms with van der Waals surface area (Å²) >= 11 is 0. The molecule has 0 saturated carbocycles. The van der Waals surface area contributed by atoms with Crippen molar-refractivity contribution < 1.29 is 39.1 Å². The van der Waals surface area contributed by atoms with Gasteiger partial charge in [-0.3, -0.25) is 9.59 Å². The van der Waals surface area contributed by atoms with E-state index in [1.165, 1.54) is 0 Å². The summed E-state index contributed by atoms with van der Waals surface area (Å²) in [6.45, 7) is 0. The fraction of sp³-hybridized carbons (Fsp3) is 0. The van der Waals surface area contributed by atoms with Crippen LogP contribution >= 0.6 is 0 Å². The molecule has 3 rings (SSSR count). The zero-order valence-electron chi connectivity index (χ0n) is 9.14. The molecule has 0 atom stereocenters. The number of carbonyl (C=O) groups excluding carboxylic acids is 2. The standard InChI is InChI=1S/C12H6NO3.Na/c14-11-8-5-1-3-7-4-2-6-9(10(7)8)12(15)13(11)16;/h1-6H;/q-1;+1. The molecule has 0 aliphatic carbocycles. The van der Waals surface area contributed by atoms with Gasteiger partial charge in [0.15, 0.2) is 0 Å². The van der Waals surface area contributed by atoms with Crippen LogP contribution in [0.15, 0.2) is 36.4 Å². The summed E-state index contributed by atoms with van der Waals surface area (Å²) in [6.07, 6.45) is 0. The van der Waals surface area contributed by atoms with Crippen LogP contribution in [-0.2, 0) is 0 Å². The van der Waals surface area contributed by atoms with Gasteiger partial charge < -0.3 is 10.3 Å². The second-order valence-corrected chi connectivity index (χ2v) is 3.61. The molecule has 0 bridgehead atoms. The van der Waals surface area contributed by atoms with Gasteiger partial charge in [0.05, 0.1) is 0 Å². The number of rotatable bonds is 0. The van der Waals surface area contributed by atoms with Crippen LogP contribution in [0, 0.1) is 5.21 Å². The SMILES string of the molecule is O=C1c2cccc3cccc(c23)C(=O)N1[O-].[Na+]. The van der Waals surface area contributed by atoms with Gasteiger partial charge in [0, 0.05) is 16.5 Å². The molecule has 5 heteroatoms. The van der Waals surface area contributed by atoms with E-state index in [1.807, 2.05) is 12.1 Å². The molecule has 1 aliphatic rings. The molecular formula is C12H6NNaO3. The zero-order valence-corrected chi connectivity index (χ0v) is 11.1. The minimum Gasteiger partial charge on any atom is -0.749 e. The van der Waals surface area contributed by atoms with Crippen LogP contribution in [0.2, 0.25) is 0 Å². The maximum atomic E-state index is 11.6. The molecule has 78 valence electrons. The van der Waals surface area contributed by atoms with Gasteiger partial charge in [-0.15, -0.1) is 0 Å². The molecule has 0 aromatic heterocycles. The van der Waals surface area contributed by atoms with E-state index in [9.17, 15) is 14.8 Å². The van der Waals surface area contributed by atoms with Crippen LogP contribution in [0.1, 0.15) is 20.7 Å². The second-order valence-electron chi connectivity index (χ2n) is 3.61. The number of hydroxylamine groups is 2. The Kier molecular flexibility index (Phi) is 3.05. The van der Waals surface area contributed by atoms with E-state index < -0.39 is 11.8 Å². The summed E-state index contributed by atoms with van der Waals surface area (Å²) in [5.41, 5.74) is 0.588. The second kappa shape index (κ2) is 4.23. The molecule has 2 amide bonds. The minimum absolute atomic E-state index is 0. The van der Waals surface area contributed by atoms with Crippen molar-refractivity contribution >= 4 is 22.6 Å². The fourth-order valence-corrected chi connectivity index (χ4v) is 2.01. The molecular weight excluding hydrogens is 229 g/mol. The molecule has 17 heavy (non-hydrogen) atoms. The molecule has 0 unspecified atom stereocenters. The summed E-state index contributed by atoms with van der Waals surface area (Å²) < 4.78 is 0. The van der Waals surface area contributed by atoms with Crippen LogP contribution in [0.5, 0.6) is 0 Å². The van der Waals surface area contributed by atoms with Crippen molar-refractivity contribution in [3.8, 4) is 0 Å². The predicted molar refractivity (Wildman–Crippen MR) is 57.8 cm³/mol. The number of nitrogens with zero attached hydrogens (tertiary/aromatic N) is 1. The maximum absolute atomic E-state index is 11.6. The van der Waals surface area contributed by atoms with Crippen LogP contribution < -0.4 is 29.6 Å². The molecule has 2 aromatic carbocycles. The molecule has 0 radical (unpaired) electrons. The van der Waals surface area contributed by atoms with Crippen LogP contribution in [0.4, 0.5) is 0 Å². The quantitative estimate of drug-likeness (QED) is 0.432. The first kappa shape index (κ1) is 12.3. The molecule has 0 spiro atoms. The number of imide groups is 1. The Balaban J connectivity index is 0.00000108. The van der Waals surface area contributed by atoms with Crippen molar-refractivity contribution in [1.29, 1.82) is 0 Å². The third-order valence-electron chi connectivity index (χ3n) is 2.73. The summed E-state index contributed by atoms with van der Waals surface area (Å²) in [4.78, 5) is 23.2. The smallest absolute Gasteiger partial charge is 0.749 e. The summed E-state index contributed by atoms with van der Waals surface area (Å²) in [5.74, 6) is -1.57. The number of benzene rings is 2. The first-order valence-corrected chi connectivity index (χ1v) is 4.78. The van der Waals surface area contributed by atoms with E-state index in [0.29, 0.717) is 16.5 Å². The zero-order chi connectivity index (χ0) is 11.3. The maximum Gasteiger partial charge on any atom is 1.00 e. The average molecular weight is 235 g/mol. The number of hydrogen-bond acceptors (Lipinski definition) is 3. The van der Waals surface area contributed by atoms with Gasteiger partial charge in [0.1, 0.15) is 0 Å². The predicted octanol–water partition coefficient (Wildman–Crippen LogP) is -1.06. The molecule has 0 fully saturated rings. The molecule has 1 heterocycles. The van der Waals surface area contributed by atoms with Crippen molar-refractivity contribution in [2.24, 2.45) is 0 Å². The van der Waals surface area contributed by atoms with E-state index >= 15 is 0 Å². The Hall–Kier alpha value is -1.20. The van der Waals surface area contributed by atoms with Crippen LogP contribution in [0.3, 0.4) is 0 Å². The average Bonchev–Trinajstić information content (AvgIpc) is 2.33. The van der Waals surface area contributed by atoms with Gasteiger partial charge in [-0.1, -0.05) is 24.3 Å². The van der Waals surface area contributed by atoms with Crippen molar-refractivity contribution in [2.75, 3.05) is 0 Å². The first-order valence-electron chi connectivity index (χ1n) is 4.78. The van der Waals surface area contributed by atoms with Gasteiger partial charge >= 0.3 is 29.6 Å². The van der Waals surface area contributed by atoms with Crippen molar-refractivity contribution in [1.82, 2.24) is 5.06 Å². The Morgan fingerprint density at radius 1 is 0.882 bits per heavy atom. The van der Waals surface area contributed by atoms with Crippen molar-refractivity contribution in [2.45, 2.75) is 0 Å². The Labute approximate surface area is 119 Å². The van der Waals surface area contributed by atoms with Gasteiger partial charge in [0.25, 0.3) is 11.8 Å². The number of carbonyl (C=O) groups is 2. The van der Waals surface area contributed by atoms with Gasteiger partial charge in [0.2, 0.25) is 0 Å². The monoisotopic (exact) mass is 235 g/mol. The van der Waals surface area contributed by atoms with E-state index in [0.717, 1.165) is 5.39 Å². The molecule has 4 nitrogen and oxygen atoms in total. The van der Waals surface area contributed by atoms with Crippen molar-refractivity contribution in [3.05, 3.63) is 52.7 Å². The molecule has 0 N–H and O–H groups in total. The molecule has 1 aliphatic heterocycles. The van der Waals surface area contributed by atoms with Gasteiger partial charge in [-0.2, -0.15) is 0 Å². The molecule has 0 saturated heterocycles. The van der Waals surface area contributed by atoms with Gasteiger partial charge in [-0.25, -0.2) is 0 Å². The fourth-order valence-electron chi connectivity index (χ4n) is 2.01. The number of amides is 2. The van der Waals surface area contributed by atoms with Crippen LogP contribution in [0.25, 0.3) is 10.8 Å². The Morgan fingerprint density at radius 2 is 1.35 bits per heavy atom. The van der Waals surface area contributed by atoms with E-state index in [1.54, 1.807) is 24.3 Å². The Bertz CT molecular complexity index is 588. The number of hydrogen-bond donors (Lipinski definition) is 0.